The van der Waals surface area contributed by atoms with Gasteiger partial charge in [0.15, 0.2) is 5.96 Å². The number of hydrogen-bond donors (Lipinski definition) is 1. The van der Waals surface area contributed by atoms with Crippen LogP contribution in [-0.4, -0.2) is 46.8 Å². The topological polar surface area (TPSA) is 45.5 Å². The molecule has 3 rings (SSSR count). The summed E-state index contributed by atoms with van der Waals surface area (Å²) in [6.07, 6.45) is 12.3. The molecule has 2 fully saturated rings. The quantitative estimate of drug-likeness (QED) is 0.686. The minimum atomic E-state index is 0.580. The first-order valence-electron chi connectivity index (χ1n) is 8.82. The van der Waals surface area contributed by atoms with E-state index in [1.54, 1.807) is 0 Å². The van der Waals surface area contributed by atoms with Gasteiger partial charge in [0, 0.05) is 32.0 Å². The number of rotatable bonds is 4. The molecule has 1 saturated carbocycles. The number of aromatic nitrogens is 2. The largest absolute Gasteiger partial charge is 0.357 e. The van der Waals surface area contributed by atoms with E-state index in [0.717, 1.165) is 32.1 Å². The molecule has 0 unspecified atom stereocenters. The van der Waals surface area contributed by atoms with Gasteiger partial charge in [-0.25, -0.2) is 0 Å². The zero-order chi connectivity index (χ0) is 15.3. The lowest BCUT2D eigenvalue weighted by Gasteiger charge is -2.33. The van der Waals surface area contributed by atoms with E-state index in [4.69, 9.17) is 4.99 Å². The second-order valence-corrected chi connectivity index (χ2v) is 6.74. The lowest BCUT2D eigenvalue weighted by atomic mass is 9.73. The maximum Gasteiger partial charge on any atom is 0.193 e. The molecule has 1 aromatic rings. The third kappa shape index (κ3) is 3.62. The second kappa shape index (κ2) is 7.16. The first-order chi connectivity index (χ1) is 10.8. The number of nitrogens with one attached hydrogen (secondary N) is 1. The van der Waals surface area contributed by atoms with Gasteiger partial charge in [0.2, 0.25) is 0 Å². The molecule has 122 valence electrons. The summed E-state index contributed by atoms with van der Waals surface area (Å²) in [5.74, 6) is 1.09. The molecule has 0 atom stereocenters. The van der Waals surface area contributed by atoms with E-state index >= 15 is 0 Å². The van der Waals surface area contributed by atoms with Crippen molar-refractivity contribution in [2.24, 2.45) is 10.4 Å². The molecule has 5 nitrogen and oxygen atoms in total. The minimum Gasteiger partial charge on any atom is -0.357 e. The van der Waals surface area contributed by atoms with Crippen LogP contribution in [0.15, 0.2) is 23.5 Å². The van der Waals surface area contributed by atoms with Crippen LogP contribution in [-0.2, 0) is 6.54 Å². The normalized spacial score (nSPS) is 21.5. The molecule has 0 amide bonds. The second-order valence-electron chi connectivity index (χ2n) is 6.74. The van der Waals surface area contributed by atoms with E-state index in [0.29, 0.717) is 5.41 Å². The van der Waals surface area contributed by atoms with Crippen molar-refractivity contribution in [2.45, 2.75) is 52.0 Å². The number of likely N-dealkylation sites (tertiary alicyclic amines) is 1. The molecule has 1 aliphatic carbocycles. The van der Waals surface area contributed by atoms with Crippen molar-refractivity contribution < 1.29 is 0 Å². The Morgan fingerprint density at radius 1 is 1.27 bits per heavy atom. The van der Waals surface area contributed by atoms with Gasteiger partial charge in [-0.3, -0.25) is 9.67 Å². The van der Waals surface area contributed by atoms with Crippen molar-refractivity contribution in [3.63, 3.8) is 0 Å². The van der Waals surface area contributed by atoms with Gasteiger partial charge in [0.1, 0.15) is 0 Å². The van der Waals surface area contributed by atoms with Crippen molar-refractivity contribution in [1.29, 1.82) is 0 Å². The van der Waals surface area contributed by atoms with Gasteiger partial charge in [0.25, 0.3) is 0 Å². The van der Waals surface area contributed by atoms with Crippen LogP contribution >= 0.6 is 0 Å². The van der Waals surface area contributed by atoms with Crippen LogP contribution in [0.2, 0.25) is 0 Å². The van der Waals surface area contributed by atoms with Crippen molar-refractivity contribution in [2.75, 3.05) is 26.2 Å². The SMILES string of the molecule is CCNC(=NCCn1cccn1)N1CCC2(CCCCC2)C1. The van der Waals surface area contributed by atoms with E-state index in [2.05, 4.69) is 22.2 Å². The molecule has 1 saturated heterocycles. The van der Waals surface area contributed by atoms with Crippen LogP contribution < -0.4 is 5.32 Å². The lowest BCUT2D eigenvalue weighted by Crippen LogP contribution is -2.41. The average molecular weight is 303 g/mol. The highest BCUT2D eigenvalue weighted by molar-refractivity contribution is 5.80. The van der Waals surface area contributed by atoms with Gasteiger partial charge in [-0.1, -0.05) is 19.3 Å². The highest BCUT2D eigenvalue weighted by Gasteiger charge is 2.39. The molecule has 0 radical (unpaired) electrons. The Morgan fingerprint density at radius 2 is 2.14 bits per heavy atom. The Balaban J connectivity index is 1.58. The van der Waals surface area contributed by atoms with Gasteiger partial charge in [0.05, 0.1) is 13.1 Å². The van der Waals surface area contributed by atoms with Crippen molar-refractivity contribution >= 4 is 5.96 Å². The van der Waals surface area contributed by atoms with Crippen LogP contribution in [0.4, 0.5) is 0 Å². The summed E-state index contributed by atoms with van der Waals surface area (Å²) >= 11 is 0. The summed E-state index contributed by atoms with van der Waals surface area (Å²) < 4.78 is 1.94. The van der Waals surface area contributed by atoms with Crippen molar-refractivity contribution in [3.8, 4) is 0 Å². The van der Waals surface area contributed by atoms with Gasteiger partial charge in [-0.15, -0.1) is 0 Å². The smallest absolute Gasteiger partial charge is 0.193 e. The maximum atomic E-state index is 4.82. The van der Waals surface area contributed by atoms with Gasteiger partial charge >= 0.3 is 0 Å². The summed E-state index contributed by atoms with van der Waals surface area (Å²) in [5, 5.41) is 7.71. The monoisotopic (exact) mass is 303 g/mol. The molecule has 1 spiro atoms. The maximum absolute atomic E-state index is 4.82. The fraction of sp³-hybridized carbons (Fsp3) is 0.765. The first-order valence-corrected chi connectivity index (χ1v) is 8.82. The average Bonchev–Trinajstić information content (AvgIpc) is 3.18. The molecule has 1 aromatic heterocycles. The van der Waals surface area contributed by atoms with E-state index in [9.17, 15) is 0 Å². The molecule has 1 N–H and O–H groups in total. The predicted molar refractivity (Wildman–Crippen MR) is 89.9 cm³/mol. The summed E-state index contributed by atoms with van der Waals surface area (Å²) in [5.41, 5.74) is 0.580. The van der Waals surface area contributed by atoms with Gasteiger partial charge in [-0.2, -0.15) is 5.10 Å². The summed E-state index contributed by atoms with van der Waals surface area (Å²) in [6.45, 7) is 7.07. The highest BCUT2D eigenvalue weighted by atomic mass is 15.3. The van der Waals surface area contributed by atoms with E-state index in [-0.39, 0.29) is 0 Å². The fourth-order valence-electron chi connectivity index (χ4n) is 3.94. The molecule has 0 aromatic carbocycles. The van der Waals surface area contributed by atoms with Crippen LogP contribution in [0, 0.1) is 5.41 Å². The Kier molecular flexibility index (Phi) is 5.01. The Labute approximate surface area is 133 Å². The summed E-state index contributed by atoms with van der Waals surface area (Å²) in [4.78, 5) is 7.30. The van der Waals surface area contributed by atoms with Crippen molar-refractivity contribution in [1.82, 2.24) is 20.0 Å². The molecular weight excluding hydrogens is 274 g/mol. The molecule has 5 heteroatoms. The number of nitrogens with zero attached hydrogens (tertiary/aromatic N) is 4. The number of hydrogen-bond acceptors (Lipinski definition) is 2. The highest BCUT2D eigenvalue weighted by Crippen LogP contribution is 2.43. The van der Waals surface area contributed by atoms with Crippen LogP contribution in [0.25, 0.3) is 0 Å². The van der Waals surface area contributed by atoms with Crippen LogP contribution in [0.1, 0.15) is 45.4 Å². The molecule has 1 aliphatic heterocycles. The van der Waals surface area contributed by atoms with Crippen LogP contribution in [0.3, 0.4) is 0 Å². The summed E-state index contributed by atoms with van der Waals surface area (Å²) in [6, 6.07) is 1.96. The molecule has 2 heterocycles. The van der Waals surface area contributed by atoms with E-state index in [1.807, 2.05) is 23.1 Å². The standard InChI is InChI=1S/C17H29N5/c1-2-18-16(19-11-14-22-12-6-10-20-22)21-13-9-17(15-21)7-4-3-5-8-17/h6,10,12H,2-5,7-9,11,13-15H2,1H3,(H,18,19). The van der Waals surface area contributed by atoms with E-state index in [1.165, 1.54) is 45.1 Å². The fourth-order valence-corrected chi connectivity index (χ4v) is 3.94. The zero-order valence-corrected chi connectivity index (χ0v) is 13.8. The Bertz CT molecular complexity index is 473. The summed E-state index contributed by atoms with van der Waals surface area (Å²) in [7, 11) is 0. The van der Waals surface area contributed by atoms with Gasteiger partial charge in [-0.05, 0) is 37.7 Å². The third-order valence-corrected chi connectivity index (χ3v) is 5.14. The third-order valence-electron chi connectivity index (χ3n) is 5.14. The van der Waals surface area contributed by atoms with Crippen molar-refractivity contribution in [3.05, 3.63) is 18.5 Å². The minimum absolute atomic E-state index is 0.580. The first kappa shape index (κ1) is 15.4. The zero-order valence-electron chi connectivity index (χ0n) is 13.8. The lowest BCUT2D eigenvalue weighted by molar-refractivity contribution is 0.203. The number of guanidine groups is 1. The predicted octanol–water partition coefficient (Wildman–Crippen LogP) is 2.50. The Morgan fingerprint density at radius 3 is 2.86 bits per heavy atom. The number of aliphatic imine (C=N–C) groups is 1. The molecule has 2 aliphatic rings. The Hall–Kier alpha value is -1.52. The van der Waals surface area contributed by atoms with Gasteiger partial charge < -0.3 is 10.2 Å². The van der Waals surface area contributed by atoms with E-state index < -0.39 is 0 Å². The molecule has 0 bridgehead atoms. The molecule has 22 heavy (non-hydrogen) atoms. The van der Waals surface area contributed by atoms with Crippen LogP contribution in [0.5, 0.6) is 0 Å². The molecular formula is C17H29N5.